The van der Waals surface area contributed by atoms with Gasteiger partial charge in [-0.3, -0.25) is 0 Å². The van der Waals surface area contributed by atoms with Gasteiger partial charge in [0.05, 0.1) is 6.26 Å². The highest BCUT2D eigenvalue weighted by Gasteiger charge is 2.06. The number of fused-ring (bicyclic) bond motifs is 1. The Balaban J connectivity index is 1.82. The quantitative estimate of drug-likeness (QED) is 0.674. The summed E-state index contributed by atoms with van der Waals surface area (Å²) in [6, 6.07) is 12.6. The fourth-order valence-electron chi connectivity index (χ4n) is 1.99. The van der Waals surface area contributed by atoms with Crippen LogP contribution < -0.4 is 5.32 Å². The van der Waals surface area contributed by atoms with Crippen LogP contribution in [-0.2, 0) is 6.54 Å². The molecule has 0 radical (unpaired) electrons. The summed E-state index contributed by atoms with van der Waals surface area (Å²) >= 11 is 2.12. The molecule has 1 aromatic heterocycles. The molecule has 3 rings (SSSR count). The summed E-state index contributed by atoms with van der Waals surface area (Å²) in [5.41, 5.74) is 2.90. The van der Waals surface area contributed by atoms with E-state index < -0.39 is 0 Å². The van der Waals surface area contributed by atoms with Crippen LogP contribution in [-0.4, -0.2) is 0 Å². The average Bonchev–Trinajstić information content (AvgIpc) is 2.81. The lowest BCUT2D eigenvalue weighted by molar-refractivity contribution is 0.611. The maximum Gasteiger partial charge on any atom is 0.134 e. The molecular formula is C15H11FINO. The Morgan fingerprint density at radius 1 is 1.16 bits per heavy atom. The van der Waals surface area contributed by atoms with Crippen LogP contribution in [0.5, 0.6) is 0 Å². The third kappa shape index (κ3) is 2.58. The van der Waals surface area contributed by atoms with Gasteiger partial charge in [0.15, 0.2) is 0 Å². The summed E-state index contributed by atoms with van der Waals surface area (Å²) < 4.78 is 19.4. The van der Waals surface area contributed by atoms with Gasteiger partial charge in [0.1, 0.15) is 11.4 Å². The van der Waals surface area contributed by atoms with E-state index >= 15 is 0 Å². The normalized spacial score (nSPS) is 10.8. The summed E-state index contributed by atoms with van der Waals surface area (Å²) in [7, 11) is 0. The van der Waals surface area contributed by atoms with Crippen molar-refractivity contribution in [1.82, 2.24) is 0 Å². The number of rotatable bonds is 3. The topological polar surface area (TPSA) is 25.2 Å². The van der Waals surface area contributed by atoms with Crippen LogP contribution in [0.15, 0.2) is 53.1 Å². The van der Waals surface area contributed by atoms with E-state index in [0.29, 0.717) is 6.54 Å². The Labute approximate surface area is 123 Å². The molecule has 0 atom stereocenters. The summed E-state index contributed by atoms with van der Waals surface area (Å²) in [6.07, 6.45) is 1.76. The molecule has 0 saturated carbocycles. The number of anilines is 1. The zero-order valence-electron chi connectivity index (χ0n) is 9.99. The van der Waals surface area contributed by atoms with Gasteiger partial charge in [0, 0.05) is 26.8 Å². The van der Waals surface area contributed by atoms with Gasteiger partial charge in [-0.2, -0.15) is 0 Å². The number of nitrogens with one attached hydrogen (secondary N) is 1. The van der Waals surface area contributed by atoms with Crippen molar-refractivity contribution in [3.05, 3.63) is 63.7 Å². The second-order valence-corrected chi connectivity index (χ2v) is 5.40. The van der Waals surface area contributed by atoms with E-state index in [-0.39, 0.29) is 5.82 Å². The molecule has 0 fully saturated rings. The summed E-state index contributed by atoms with van der Waals surface area (Å²) in [6.45, 7) is 0.651. The molecule has 0 aliphatic rings. The van der Waals surface area contributed by atoms with Gasteiger partial charge in [0.25, 0.3) is 0 Å². The highest BCUT2D eigenvalue weighted by Crippen LogP contribution is 2.23. The first kappa shape index (κ1) is 12.5. The van der Waals surface area contributed by atoms with Crippen LogP contribution in [0.1, 0.15) is 5.56 Å². The lowest BCUT2D eigenvalue weighted by Crippen LogP contribution is -2.00. The molecular weight excluding hydrogens is 356 g/mol. The second kappa shape index (κ2) is 5.21. The minimum absolute atomic E-state index is 0.219. The van der Waals surface area contributed by atoms with Crippen molar-refractivity contribution in [3.63, 3.8) is 0 Å². The van der Waals surface area contributed by atoms with E-state index in [2.05, 4.69) is 27.9 Å². The lowest BCUT2D eigenvalue weighted by atomic mass is 10.2. The highest BCUT2D eigenvalue weighted by molar-refractivity contribution is 14.1. The van der Waals surface area contributed by atoms with Crippen molar-refractivity contribution in [2.75, 3.05) is 5.32 Å². The number of furan rings is 1. The van der Waals surface area contributed by atoms with Gasteiger partial charge >= 0.3 is 0 Å². The van der Waals surface area contributed by atoms with E-state index in [1.165, 1.54) is 12.1 Å². The predicted octanol–water partition coefficient (Wildman–Crippen LogP) is 4.79. The molecule has 3 aromatic rings. The SMILES string of the molecule is Fc1ccc(NCc2coc3ccccc23)c(I)c1. The highest BCUT2D eigenvalue weighted by atomic mass is 127. The average molecular weight is 367 g/mol. The third-order valence-electron chi connectivity index (χ3n) is 2.96. The Kier molecular flexibility index (Phi) is 3.42. The van der Waals surface area contributed by atoms with E-state index in [4.69, 9.17) is 4.42 Å². The minimum Gasteiger partial charge on any atom is -0.464 e. The predicted molar refractivity (Wildman–Crippen MR) is 82.7 cm³/mol. The Morgan fingerprint density at radius 2 is 2.00 bits per heavy atom. The molecule has 0 bridgehead atoms. The zero-order chi connectivity index (χ0) is 13.2. The van der Waals surface area contributed by atoms with E-state index in [9.17, 15) is 4.39 Å². The molecule has 0 aliphatic heterocycles. The van der Waals surface area contributed by atoms with Gasteiger partial charge < -0.3 is 9.73 Å². The lowest BCUT2D eigenvalue weighted by Gasteiger charge is -2.07. The number of hydrogen-bond acceptors (Lipinski definition) is 2. The number of hydrogen-bond donors (Lipinski definition) is 1. The first-order valence-corrected chi connectivity index (χ1v) is 6.96. The van der Waals surface area contributed by atoms with E-state index in [1.807, 2.05) is 24.3 Å². The van der Waals surface area contributed by atoms with Gasteiger partial charge in [-0.25, -0.2) is 4.39 Å². The summed E-state index contributed by atoms with van der Waals surface area (Å²) in [4.78, 5) is 0. The van der Waals surface area contributed by atoms with Crippen molar-refractivity contribution >= 4 is 39.2 Å². The van der Waals surface area contributed by atoms with Crippen molar-refractivity contribution in [2.45, 2.75) is 6.54 Å². The van der Waals surface area contributed by atoms with Crippen LogP contribution in [0, 0.1) is 9.39 Å². The number of para-hydroxylation sites is 1. The molecule has 0 amide bonds. The Hall–Kier alpha value is -1.56. The van der Waals surface area contributed by atoms with Gasteiger partial charge in [-0.15, -0.1) is 0 Å². The van der Waals surface area contributed by atoms with Crippen LogP contribution >= 0.6 is 22.6 Å². The Bertz CT molecular complexity index is 723. The molecule has 2 nitrogen and oxygen atoms in total. The summed E-state index contributed by atoms with van der Waals surface area (Å²) in [5.74, 6) is -0.219. The van der Waals surface area contributed by atoms with Crippen LogP contribution in [0.2, 0.25) is 0 Å². The Morgan fingerprint density at radius 3 is 2.84 bits per heavy atom. The van der Waals surface area contributed by atoms with Gasteiger partial charge in [0.2, 0.25) is 0 Å². The van der Waals surface area contributed by atoms with Crippen molar-refractivity contribution in [3.8, 4) is 0 Å². The fourth-order valence-corrected chi connectivity index (χ4v) is 2.66. The smallest absolute Gasteiger partial charge is 0.134 e. The van der Waals surface area contributed by atoms with E-state index in [0.717, 1.165) is 25.8 Å². The molecule has 0 unspecified atom stereocenters. The first-order valence-electron chi connectivity index (χ1n) is 5.88. The zero-order valence-corrected chi connectivity index (χ0v) is 12.1. The molecule has 2 aromatic carbocycles. The molecule has 0 saturated heterocycles. The molecule has 1 N–H and O–H groups in total. The maximum atomic E-state index is 13.0. The fraction of sp³-hybridized carbons (Fsp3) is 0.0667. The molecule has 19 heavy (non-hydrogen) atoms. The standard InChI is InChI=1S/C15H11FINO/c16-11-5-6-14(13(17)7-11)18-8-10-9-19-15-4-2-1-3-12(10)15/h1-7,9,18H,8H2. The molecule has 1 heterocycles. The largest absolute Gasteiger partial charge is 0.464 e. The van der Waals surface area contributed by atoms with Crippen molar-refractivity contribution in [2.24, 2.45) is 0 Å². The minimum atomic E-state index is -0.219. The maximum absolute atomic E-state index is 13.0. The van der Waals surface area contributed by atoms with Crippen molar-refractivity contribution in [1.29, 1.82) is 0 Å². The number of benzene rings is 2. The van der Waals surface area contributed by atoms with Crippen LogP contribution in [0.25, 0.3) is 11.0 Å². The van der Waals surface area contributed by atoms with Crippen LogP contribution in [0.3, 0.4) is 0 Å². The van der Waals surface area contributed by atoms with E-state index in [1.54, 1.807) is 12.3 Å². The van der Waals surface area contributed by atoms with Crippen LogP contribution in [0.4, 0.5) is 10.1 Å². The monoisotopic (exact) mass is 367 g/mol. The first-order chi connectivity index (χ1) is 9.24. The second-order valence-electron chi connectivity index (χ2n) is 4.23. The molecule has 96 valence electrons. The molecule has 0 spiro atoms. The molecule has 4 heteroatoms. The summed E-state index contributed by atoms with van der Waals surface area (Å²) in [5, 5.41) is 4.40. The molecule has 0 aliphatic carbocycles. The van der Waals surface area contributed by atoms with Crippen molar-refractivity contribution < 1.29 is 8.81 Å². The van der Waals surface area contributed by atoms with Gasteiger partial charge in [-0.1, -0.05) is 18.2 Å². The third-order valence-corrected chi connectivity index (χ3v) is 3.85. The number of halogens is 2. The van der Waals surface area contributed by atoms with Gasteiger partial charge in [-0.05, 0) is 46.9 Å².